The summed E-state index contributed by atoms with van der Waals surface area (Å²) in [5.41, 5.74) is 0. The van der Waals surface area contributed by atoms with Crippen molar-refractivity contribution in [2.75, 3.05) is 38.6 Å². The number of sulfonamides is 1. The third-order valence-electron chi connectivity index (χ3n) is 5.48. The lowest BCUT2D eigenvalue weighted by atomic mass is 10.2. The number of nitrogens with one attached hydrogen (secondary N) is 1. The summed E-state index contributed by atoms with van der Waals surface area (Å²) in [5, 5.41) is 11.8. The van der Waals surface area contributed by atoms with Crippen LogP contribution in [0.4, 0.5) is 4.79 Å². The van der Waals surface area contributed by atoms with Gasteiger partial charge in [-0.15, -0.1) is 11.3 Å². The van der Waals surface area contributed by atoms with Crippen molar-refractivity contribution >= 4 is 65.9 Å². The van der Waals surface area contributed by atoms with E-state index in [1.807, 2.05) is 6.07 Å². The van der Waals surface area contributed by atoms with E-state index in [4.69, 9.17) is 11.6 Å². The Morgan fingerprint density at radius 3 is 2.77 bits per heavy atom. The molecule has 160 valence electrons. The maximum Gasteiger partial charge on any atom is 0.340 e. The van der Waals surface area contributed by atoms with Crippen molar-refractivity contribution in [1.82, 2.24) is 19.5 Å². The predicted octanol–water partition coefficient (Wildman–Crippen LogP) is 2.66. The number of urea groups is 1. The number of halogens is 1. The standard InChI is InChI=1S/C18H20ClN5O3S3/c19-13-2-1-12-9-16(29-15(12)10-13)30(26,27)23-7-5-22(6-8-23)18(25)24-4-3-14-17(21-24)28-11-20-14/h1-2,9-10,14,20H,3-8,11H2. The summed E-state index contributed by atoms with van der Waals surface area (Å²) < 4.78 is 28.8. The summed E-state index contributed by atoms with van der Waals surface area (Å²) in [6.07, 6.45) is 0.849. The van der Waals surface area contributed by atoms with Gasteiger partial charge in [0.25, 0.3) is 10.0 Å². The van der Waals surface area contributed by atoms with E-state index in [-0.39, 0.29) is 25.2 Å². The molecular formula is C18H20ClN5O3S3. The van der Waals surface area contributed by atoms with E-state index >= 15 is 0 Å². The minimum Gasteiger partial charge on any atom is -0.321 e. The van der Waals surface area contributed by atoms with Crippen molar-refractivity contribution in [3.05, 3.63) is 29.3 Å². The molecule has 0 bridgehead atoms. The fourth-order valence-corrected chi connectivity index (χ4v) is 8.05. The number of fused-ring (bicyclic) bond motifs is 2. The van der Waals surface area contributed by atoms with Crippen LogP contribution < -0.4 is 5.32 Å². The Balaban J connectivity index is 1.27. The molecule has 0 aliphatic carbocycles. The van der Waals surface area contributed by atoms with Crippen molar-refractivity contribution in [2.24, 2.45) is 5.10 Å². The third-order valence-corrected chi connectivity index (χ3v) is 10.1. The number of hydrogen-bond acceptors (Lipinski definition) is 7. The zero-order chi connectivity index (χ0) is 20.9. The van der Waals surface area contributed by atoms with Crippen LogP contribution in [0.2, 0.25) is 5.02 Å². The van der Waals surface area contributed by atoms with E-state index in [2.05, 4.69) is 10.4 Å². The van der Waals surface area contributed by atoms with Gasteiger partial charge in [0.05, 0.1) is 6.04 Å². The highest BCUT2D eigenvalue weighted by Gasteiger charge is 2.35. The van der Waals surface area contributed by atoms with Crippen molar-refractivity contribution in [1.29, 1.82) is 0 Å². The molecule has 2 aromatic rings. The summed E-state index contributed by atoms with van der Waals surface area (Å²) in [5.74, 6) is 0.825. The average molecular weight is 486 g/mol. The van der Waals surface area contributed by atoms with Crippen LogP contribution in [0.1, 0.15) is 6.42 Å². The first-order chi connectivity index (χ1) is 14.4. The van der Waals surface area contributed by atoms with Crippen molar-refractivity contribution in [2.45, 2.75) is 16.7 Å². The number of nitrogens with zero attached hydrogens (tertiary/aromatic N) is 4. The second-order valence-electron chi connectivity index (χ2n) is 7.32. The number of thiophene rings is 1. The first-order valence-corrected chi connectivity index (χ1v) is 13.2. The number of rotatable bonds is 2. The Morgan fingerprint density at radius 1 is 1.17 bits per heavy atom. The van der Waals surface area contributed by atoms with E-state index in [0.717, 1.165) is 27.4 Å². The lowest BCUT2D eigenvalue weighted by molar-refractivity contribution is 0.132. The monoisotopic (exact) mass is 485 g/mol. The largest absolute Gasteiger partial charge is 0.340 e. The number of thioether (sulfide) groups is 1. The molecular weight excluding hydrogens is 466 g/mol. The molecule has 0 radical (unpaired) electrons. The van der Waals surface area contributed by atoms with Crippen molar-refractivity contribution in [3.8, 4) is 0 Å². The molecule has 4 heterocycles. The van der Waals surface area contributed by atoms with Gasteiger partial charge in [0.1, 0.15) is 9.25 Å². The highest BCUT2D eigenvalue weighted by Crippen LogP contribution is 2.33. The first-order valence-electron chi connectivity index (χ1n) is 9.62. The van der Waals surface area contributed by atoms with E-state index in [1.165, 1.54) is 20.7 Å². The SMILES string of the molecule is O=C(N1CCN(S(=O)(=O)c2cc3ccc(Cl)cc3s2)CC1)N1CCC2NCSC2=N1. The second-order valence-corrected chi connectivity index (χ2v) is 12.0. The number of carbonyl (C=O) groups excluding carboxylic acids is 1. The number of carbonyl (C=O) groups is 1. The normalized spacial score (nSPS) is 23.0. The number of benzene rings is 1. The Morgan fingerprint density at radius 2 is 1.97 bits per heavy atom. The highest BCUT2D eigenvalue weighted by atomic mass is 35.5. The molecule has 12 heteroatoms. The van der Waals surface area contributed by atoms with Gasteiger partial charge >= 0.3 is 6.03 Å². The molecule has 2 saturated heterocycles. The zero-order valence-electron chi connectivity index (χ0n) is 16.0. The van der Waals surface area contributed by atoms with Gasteiger partial charge in [-0.25, -0.2) is 18.2 Å². The molecule has 30 heavy (non-hydrogen) atoms. The Hall–Kier alpha value is -1.37. The predicted molar refractivity (Wildman–Crippen MR) is 121 cm³/mol. The maximum atomic E-state index is 13.1. The summed E-state index contributed by atoms with van der Waals surface area (Å²) in [6.45, 7) is 1.82. The third kappa shape index (κ3) is 3.71. The minimum absolute atomic E-state index is 0.151. The van der Waals surface area contributed by atoms with E-state index in [0.29, 0.717) is 28.9 Å². The zero-order valence-corrected chi connectivity index (χ0v) is 19.2. The van der Waals surface area contributed by atoms with Crippen LogP contribution >= 0.6 is 34.7 Å². The molecule has 1 aromatic heterocycles. The van der Waals surface area contributed by atoms with Crippen LogP contribution in [0.15, 0.2) is 33.6 Å². The lowest BCUT2D eigenvalue weighted by Crippen LogP contribution is -2.54. The summed E-state index contributed by atoms with van der Waals surface area (Å²) in [6, 6.07) is 7.16. The van der Waals surface area contributed by atoms with E-state index in [1.54, 1.807) is 34.9 Å². The maximum absolute atomic E-state index is 13.1. The molecule has 1 N–H and O–H groups in total. The molecule has 1 unspecified atom stereocenters. The quantitative estimate of drug-likeness (QED) is 0.706. The number of amides is 2. The molecule has 1 aromatic carbocycles. The van der Waals surface area contributed by atoms with Crippen molar-refractivity contribution < 1.29 is 13.2 Å². The smallest absolute Gasteiger partial charge is 0.321 e. The van der Waals surface area contributed by atoms with Crippen LogP contribution in [0.5, 0.6) is 0 Å². The van der Waals surface area contributed by atoms with Gasteiger partial charge < -0.3 is 4.90 Å². The number of hydrazone groups is 1. The van der Waals surface area contributed by atoms with E-state index < -0.39 is 10.0 Å². The molecule has 1 atom stereocenters. The van der Waals surface area contributed by atoms with Gasteiger partial charge in [0, 0.05) is 48.3 Å². The van der Waals surface area contributed by atoms with Gasteiger partial charge in [0.15, 0.2) is 0 Å². The van der Waals surface area contributed by atoms with Crippen LogP contribution in [0.25, 0.3) is 10.1 Å². The molecule has 8 nitrogen and oxygen atoms in total. The topological polar surface area (TPSA) is 85.3 Å². The summed E-state index contributed by atoms with van der Waals surface area (Å²) in [4.78, 5) is 14.5. The average Bonchev–Trinajstić information content (AvgIpc) is 3.39. The first kappa shape index (κ1) is 20.5. The molecule has 3 aliphatic rings. The van der Waals surface area contributed by atoms with Crippen LogP contribution in [0, 0.1) is 0 Å². The van der Waals surface area contributed by atoms with E-state index in [9.17, 15) is 13.2 Å². The minimum atomic E-state index is -3.60. The van der Waals surface area contributed by atoms with Gasteiger partial charge in [0.2, 0.25) is 0 Å². The lowest BCUT2D eigenvalue weighted by Gasteiger charge is -2.36. The fourth-order valence-electron chi connectivity index (χ4n) is 3.80. The molecule has 0 spiro atoms. The molecule has 5 rings (SSSR count). The van der Waals surface area contributed by atoms with Crippen molar-refractivity contribution in [3.63, 3.8) is 0 Å². The summed E-state index contributed by atoms with van der Waals surface area (Å²) >= 11 is 8.87. The molecule has 0 saturated carbocycles. The van der Waals surface area contributed by atoms with Crippen LogP contribution in [-0.4, -0.2) is 78.3 Å². The Labute approximate surface area is 187 Å². The molecule has 2 amide bonds. The van der Waals surface area contributed by atoms with Gasteiger partial charge in [-0.05, 0) is 30.0 Å². The second kappa shape index (κ2) is 7.95. The number of hydrogen-bond donors (Lipinski definition) is 1. The Bertz CT molecular complexity index is 1130. The Kier molecular flexibility index (Phi) is 5.44. The number of piperazine rings is 1. The van der Waals surface area contributed by atoms with Gasteiger partial charge in [-0.2, -0.15) is 9.41 Å². The highest BCUT2D eigenvalue weighted by molar-refractivity contribution is 8.14. The van der Waals surface area contributed by atoms with Gasteiger partial charge in [-0.3, -0.25) is 5.32 Å². The summed E-state index contributed by atoms with van der Waals surface area (Å²) in [7, 11) is -3.60. The molecule has 2 fully saturated rings. The molecule has 3 aliphatic heterocycles. The van der Waals surface area contributed by atoms with Gasteiger partial charge in [-0.1, -0.05) is 29.4 Å². The fraction of sp³-hybridized carbons (Fsp3) is 0.444. The van der Waals surface area contributed by atoms with Crippen LogP contribution in [-0.2, 0) is 10.0 Å². The van der Waals surface area contributed by atoms with Crippen LogP contribution in [0.3, 0.4) is 0 Å².